The van der Waals surface area contributed by atoms with Crippen LogP contribution < -0.4 is 5.32 Å². The average Bonchev–Trinajstić information content (AvgIpc) is 3.24. The molecule has 0 radical (unpaired) electrons. The van der Waals surface area contributed by atoms with Crippen molar-refractivity contribution in [3.05, 3.63) is 36.0 Å². The van der Waals surface area contributed by atoms with Gasteiger partial charge in [-0.3, -0.25) is 0 Å². The number of rotatable bonds is 5. The molecule has 1 fully saturated rings. The lowest BCUT2D eigenvalue weighted by molar-refractivity contribution is 0.167. The zero-order valence-corrected chi connectivity index (χ0v) is 13.8. The maximum atomic E-state index is 12.2. The maximum Gasteiger partial charge on any atom is 0.317 e. The quantitative estimate of drug-likeness (QED) is 0.861. The average molecular weight is 333 g/mol. The highest BCUT2D eigenvalue weighted by molar-refractivity contribution is 5.74. The molecule has 2 N–H and O–H groups in total. The molecule has 3 rings (SSSR count). The predicted molar refractivity (Wildman–Crippen MR) is 86.2 cm³/mol. The first-order chi connectivity index (χ1) is 11.6. The van der Waals surface area contributed by atoms with Crippen LogP contribution in [0.3, 0.4) is 0 Å². The molecule has 2 aromatic heterocycles. The van der Waals surface area contributed by atoms with Crippen molar-refractivity contribution in [3.8, 4) is 0 Å². The highest BCUT2D eigenvalue weighted by Crippen LogP contribution is 2.22. The highest BCUT2D eigenvalue weighted by atomic mass is 16.3. The molecule has 1 unspecified atom stereocenters. The first-order valence-corrected chi connectivity index (χ1v) is 8.25. The first-order valence-electron chi connectivity index (χ1n) is 8.25. The molecule has 8 heteroatoms. The number of hydrogen-bond donors (Lipinski definition) is 2. The van der Waals surface area contributed by atoms with Crippen molar-refractivity contribution in [2.45, 2.75) is 44.9 Å². The van der Waals surface area contributed by atoms with Gasteiger partial charge in [-0.1, -0.05) is 5.21 Å². The van der Waals surface area contributed by atoms with Crippen molar-refractivity contribution in [1.29, 1.82) is 0 Å². The van der Waals surface area contributed by atoms with Gasteiger partial charge in [0.05, 0.1) is 30.6 Å². The number of aromatic nitrogens is 3. The summed E-state index contributed by atoms with van der Waals surface area (Å²) in [6, 6.07) is 3.81. The SMILES string of the molecule is CC(O)Cc1cn(C2CCN(C(=O)NCc3ccco3)CC2)nn1. The van der Waals surface area contributed by atoms with E-state index in [9.17, 15) is 9.90 Å². The number of carbonyl (C=O) groups excluding carboxylic acids is 1. The highest BCUT2D eigenvalue weighted by Gasteiger charge is 2.24. The summed E-state index contributed by atoms with van der Waals surface area (Å²) in [5.41, 5.74) is 0.795. The van der Waals surface area contributed by atoms with Gasteiger partial charge >= 0.3 is 6.03 Å². The van der Waals surface area contributed by atoms with E-state index in [4.69, 9.17) is 4.42 Å². The van der Waals surface area contributed by atoms with Gasteiger partial charge in [0.1, 0.15) is 5.76 Å². The van der Waals surface area contributed by atoms with Crippen LogP contribution >= 0.6 is 0 Å². The van der Waals surface area contributed by atoms with E-state index in [0.717, 1.165) is 24.3 Å². The van der Waals surface area contributed by atoms with E-state index in [1.54, 1.807) is 19.3 Å². The number of aliphatic hydroxyl groups excluding tert-OH is 1. The van der Waals surface area contributed by atoms with Gasteiger partial charge in [-0.2, -0.15) is 0 Å². The molecule has 0 bridgehead atoms. The summed E-state index contributed by atoms with van der Waals surface area (Å²) < 4.78 is 7.06. The number of carbonyl (C=O) groups is 1. The number of hydrogen-bond acceptors (Lipinski definition) is 5. The number of nitrogens with one attached hydrogen (secondary N) is 1. The molecule has 0 aliphatic carbocycles. The molecule has 1 atom stereocenters. The summed E-state index contributed by atoms with van der Waals surface area (Å²) in [5.74, 6) is 0.742. The van der Waals surface area contributed by atoms with Crippen molar-refractivity contribution < 1.29 is 14.3 Å². The van der Waals surface area contributed by atoms with Gasteiger partial charge in [0.15, 0.2) is 0 Å². The van der Waals surface area contributed by atoms with Crippen molar-refractivity contribution >= 4 is 6.03 Å². The lowest BCUT2D eigenvalue weighted by atomic mass is 10.1. The van der Waals surface area contributed by atoms with Crippen LogP contribution in [-0.4, -0.2) is 50.2 Å². The van der Waals surface area contributed by atoms with Gasteiger partial charge in [0.25, 0.3) is 0 Å². The van der Waals surface area contributed by atoms with E-state index in [0.29, 0.717) is 26.1 Å². The Labute approximate surface area is 140 Å². The van der Waals surface area contributed by atoms with Crippen LogP contribution in [0.5, 0.6) is 0 Å². The minimum Gasteiger partial charge on any atom is -0.467 e. The summed E-state index contributed by atoms with van der Waals surface area (Å²) >= 11 is 0. The first kappa shape index (κ1) is 16.5. The van der Waals surface area contributed by atoms with Gasteiger partial charge in [-0.15, -0.1) is 5.10 Å². The van der Waals surface area contributed by atoms with Crippen molar-refractivity contribution in [2.24, 2.45) is 0 Å². The predicted octanol–water partition coefficient (Wildman–Crippen LogP) is 1.34. The smallest absolute Gasteiger partial charge is 0.317 e. The third kappa shape index (κ3) is 4.14. The normalized spacial score (nSPS) is 17.0. The zero-order chi connectivity index (χ0) is 16.9. The lowest BCUT2D eigenvalue weighted by Crippen LogP contribution is -2.44. The molecule has 0 saturated carbocycles. The Bertz CT molecular complexity index is 644. The summed E-state index contributed by atoms with van der Waals surface area (Å²) in [6.45, 7) is 3.50. The Morgan fingerprint density at radius 2 is 2.29 bits per heavy atom. The summed E-state index contributed by atoms with van der Waals surface area (Å²) in [7, 11) is 0. The molecule has 2 amide bonds. The van der Waals surface area contributed by atoms with Gasteiger partial charge in [0, 0.05) is 25.7 Å². The standard InChI is InChI=1S/C16H23N5O3/c1-12(22)9-13-11-21(19-18-13)14-4-6-20(7-5-14)16(23)17-10-15-3-2-8-24-15/h2-3,8,11-12,14,22H,4-7,9-10H2,1H3,(H,17,23). The summed E-state index contributed by atoms with van der Waals surface area (Å²) in [6.07, 6.45) is 5.25. The van der Waals surface area contributed by atoms with Crippen molar-refractivity contribution in [3.63, 3.8) is 0 Å². The molecule has 130 valence electrons. The fourth-order valence-electron chi connectivity index (χ4n) is 2.91. The summed E-state index contributed by atoms with van der Waals surface area (Å²) in [5, 5.41) is 20.5. The number of urea groups is 1. The number of amides is 2. The van der Waals surface area contributed by atoms with Gasteiger partial charge in [-0.05, 0) is 31.9 Å². The number of piperidine rings is 1. The zero-order valence-electron chi connectivity index (χ0n) is 13.8. The van der Waals surface area contributed by atoms with Crippen LogP contribution in [0.25, 0.3) is 0 Å². The Morgan fingerprint density at radius 1 is 1.50 bits per heavy atom. The molecule has 1 aliphatic rings. The van der Waals surface area contributed by atoms with E-state index >= 15 is 0 Å². The Kier molecular flexibility index (Phi) is 5.14. The Balaban J connectivity index is 1.46. The van der Waals surface area contributed by atoms with Gasteiger partial charge < -0.3 is 19.7 Å². The van der Waals surface area contributed by atoms with Gasteiger partial charge in [-0.25, -0.2) is 9.48 Å². The molecule has 1 aliphatic heterocycles. The maximum absolute atomic E-state index is 12.2. The minimum atomic E-state index is -0.421. The van der Waals surface area contributed by atoms with Crippen LogP contribution in [0, 0.1) is 0 Å². The lowest BCUT2D eigenvalue weighted by Gasteiger charge is -2.31. The van der Waals surface area contributed by atoms with Gasteiger partial charge in [0.2, 0.25) is 0 Å². The number of aliphatic hydroxyl groups is 1. The van der Waals surface area contributed by atoms with Crippen molar-refractivity contribution in [2.75, 3.05) is 13.1 Å². The van der Waals surface area contributed by atoms with Crippen molar-refractivity contribution in [1.82, 2.24) is 25.2 Å². The van der Waals surface area contributed by atoms with E-state index in [-0.39, 0.29) is 12.1 Å². The summed E-state index contributed by atoms with van der Waals surface area (Å²) in [4.78, 5) is 14.0. The molecule has 24 heavy (non-hydrogen) atoms. The topological polar surface area (TPSA) is 96.4 Å². The molecular formula is C16H23N5O3. The third-order valence-electron chi connectivity index (χ3n) is 4.18. The number of furan rings is 1. The second kappa shape index (κ2) is 7.48. The monoisotopic (exact) mass is 333 g/mol. The van der Waals surface area contributed by atoms with E-state index < -0.39 is 6.10 Å². The van der Waals surface area contributed by atoms with E-state index in [1.165, 1.54) is 0 Å². The van der Waals surface area contributed by atoms with Crippen LogP contribution in [0.15, 0.2) is 29.0 Å². The molecular weight excluding hydrogens is 310 g/mol. The molecule has 8 nitrogen and oxygen atoms in total. The largest absolute Gasteiger partial charge is 0.467 e. The number of likely N-dealkylation sites (tertiary alicyclic amines) is 1. The Hall–Kier alpha value is -2.35. The minimum absolute atomic E-state index is 0.0711. The molecule has 2 aromatic rings. The molecule has 0 aromatic carbocycles. The fourth-order valence-corrected chi connectivity index (χ4v) is 2.91. The fraction of sp³-hybridized carbons (Fsp3) is 0.562. The number of nitrogens with zero attached hydrogens (tertiary/aromatic N) is 4. The van der Waals surface area contributed by atoms with E-state index in [2.05, 4.69) is 15.6 Å². The molecule has 0 spiro atoms. The Morgan fingerprint density at radius 3 is 2.96 bits per heavy atom. The third-order valence-corrected chi connectivity index (χ3v) is 4.18. The second-order valence-corrected chi connectivity index (χ2v) is 6.20. The second-order valence-electron chi connectivity index (χ2n) is 6.20. The molecule has 1 saturated heterocycles. The van der Waals surface area contributed by atoms with E-state index in [1.807, 2.05) is 21.8 Å². The van der Waals surface area contributed by atoms with Crippen LogP contribution in [0.4, 0.5) is 4.79 Å². The van der Waals surface area contributed by atoms with Crippen LogP contribution in [0.2, 0.25) is 0 Å². The van der Waals surface area contributed by atoms with Crippen LogP contribution in [-0.2, 0) is 13.0 Å². The molecule has 3 heterocycles. The van der Waals surface area contributed by atoms with Crippen LogP contribution in [0.1, 0.15) is 37.3 Å².